The second-order valence-electron chi connectivity index (χ2n) is 8.09. The molecule has 3 aromatic carbocycles. The Labute approximate surface area is 201 Å². The van der Waals surface area contributed by atoms with E-state index >= 15 is 0 Å². The number of aliphatic carboxylic acids is 1. The fraction of sp³-hybridized carbons (Fsp3) is 0.143. The number of hydrogen-bond donors (Lipinski definition) is 1. The fourth-order valence-corrected chi connectivity index (χ4v) is 5.38. The number of halogens is 1. The monoisotopic (exact) mass is 471 g/mol. The molecular formula is C28H22FNO3S. The SMILES string of the molecule is O=C(O)CCSC1c2ccccc2COc2ccc(/C=C/c3ccc4ccc(F)cc4n3)cc21. The zero-order chi connectivity index (χ0) is 23.5. The molecule has 0 aliphatic carbocycles. The summed E-state index contributed by atoms with van der Waals surface area (Å²) in [5, 5.41) is 9.98. The van der Waals surface area contributed by atoms with Crippen LogP contribution in [0.3, 0.4) is 0 Å². The molecule has 34 heavy (non-hydrogen) atoms. The van der Waals surface area contributed by atoms with Gasteiger partial charge in [-0.1, -0.05) is 42.5 Å². The lowest BCUT2D eigenvalue weighted by Crippen LogP contribution is -2.03. The molecule has 0 saturated heterocycles. The summed E-state index contributed by atoms with van der Waals surface area (Å²) in [6, 6.07) is 22.6. The first-order chi connectivity index (χ1) is 16.6. The zero-order valence-corrected chi connectivity index (χ0v) is 19.1. The number of carboxylic acids is 1. The largest absolute Gasteiger partial charge is 0.489 e. The minimum atomic E-state index is -0.801. The van der Waals surface area contributed by atoms with Gasteiger partial charge >= 0.3 is 5.97 Å². The van der Waals surface area contributed by atoms with Crippen LogP contribution in [-0.2, 0) is 11.4 Å². The first-order valence-corrected chi connectivity index (χ1v) is 12.0. The van der Waals surface area contributed by atoms with Gasteiger partial charge in [0.25, 0.3) is 0 Å². The minimum absolute atomic E-state index is 0.0248. The number of hydrogen-bond acceptors (Lipinski definition) is 4. The highest BCUT2D eigenvalue weighted by molar-refractivity contribution is 7.99. The Kier molecular flexibility index (Phi) is 6.32. The lowest BCUT2D eigenvalue weighted by Gasteiger charge is -2.19. The molecule has 1 aliphatic rings. The molecule has 2 heterocycles. The number of aromatic nitrogens is 1. The predicted molar refractivity (Wildman–Crippen MR) is 134 cm³/mol. The molecule has 1 N–H and O–H groups in total. The molecule has 0 amide bonds. The van der Waals surface area contributed by atoms with Gasteiger partial charge in [-0.05, 0) is 53.1 Å². The molecule has 1 aromatic heterocycles. The summed E-state index contributed by atoms with van der Waals surface area (Å²) in [7, 11) is 0. The van der Waals surface area contributed by atoms with Gasteiger partial charge in [-0.15, -0.1) is 11.8 Å². The average Bonchev–Trinajstić information content (AvgIpc) is 2.99. The first-order valence-electron chi connectivity index (χ1n) is 11.0. The van der Waals surface area contributed by atoms with Gasteiger partial charge < -0.3 is 9.84 Å². The van der Waals surface area contributed by atoms with Crippen molar-refractivity contribution in [1.29, 1.82) is 0 Å². The Morgan fingerprint density at radius 1 is 1.06 bits per heavy atom. The first kappa shape index (κ1) is 22.2. The number of carboxylic acid groups (broad SMARTS) is 1. The zero-order valence-electron chi connectivity index (χ0n) is 18.3. The van der Waals surface area contributed by atoms with E-state index < -0.39 is 5.97 Å². The number of benzene rings is 3. The van der Waals surface area contributed by atoms with E-state index in [2.05, 4.69) is 23.2 Å². The standard InChI is InChI=1S/C28H22FNO3S/c29-21-9-7-19-8-11-22(30-25(19)16-21)10-5-18-6-12-26-24(15-18)28(34-14-13-27(31)32)23-4-2-1-3-20(23)17-33-26/h1-12,15-16,28H,13-14,17H2,(H,31,32)/b10-5+. The minimum Gasteiger partial charge on any atom is -0.489 e. The van der Waals surface area contributed by atoms with E-state index in [0.717, 1.165) is 39.1 Å². The van der Waals surface area contributed by atoms with Crippen LogP contribution in [0.15, 0.2) is 72.8 Å². The number of thioether (sulfide) groups is 1. The molecule has 0 saturated carbocycles. The third kappa shape index (κ3) is 4.82. The molecule has 1 unspecified atom stereocenters. The average molecular weight is 472 g/mol. The fourth-order valence-electron chi connectivity index (χ4n) is 4.08. The summed E-state index contributed by atoms with van der Waals surface area (Å²) in [6.45, 7) is 0.478. The Hall–Kier alpha value is -3.64. The molecule has 0 radical (unpaired) electrons. The van der Waals surface area contributed by atoms with E-state index in [1.165, 1.54) is 12.1 Å². The van der Waals surface area contributed by atoms with E-state index in [1.807, 2.05) is 48.6 Å². The van der Waals surface area contributed by atoms with Crippen LogP contribution in [0.5, 0.6) is 5.75 Å². The van der Waals surface area contributed by atoms with Crippen LogP contribution in [0.4, 0.5) is 4.39 Å². The maximum atomic E-state index is 13.6. The molecule has 0 fully saturated rings. The molecule has 4 nitrogen and oxygen atoms in total. The summed E-state index contributed by atoms with van der Waals surface area (Å²) in [5.41, 5.74) is 5.61. The van der Waals surface area contributed by atoms with Crippen LogP contribution >= 0.6 is 11.8 Å². The van der Waals surface area contributed by atoms with E-state index in [0.29, 0.717) is 17.9 Å². The van der Waals surface area contributed by atoms with Gasteiger partial charge in [-0.25, -0.2) is 9.37 Å². The van der Waals surface area contributed by atoms with Crippen LogP contribution in [0.1, 0.15) is 39.6 Å². The van der Waals surface area contributed by atoms with E-state index in [9.17, 15) is 9.18 Å². The number of carbonyl (C=O) groups is 1. The van der Waals surface area contributed by atoms with Gasteiger partial charge in [0.2, 0.25) is 0 Å². The molecular weight excluding hydrogens is 449 g/mol. The van der Waals surface area contributed by atoms with Gasteiger partial charge in [0.05, 0.1) is 22.9 Å². The van der Waals surface area contributed by atoms with Crippen molar-refractivity contribution < 1.29 is 19.0 Å². The molecule has 170 valence electrons. The second kappa shape index (κ2) is 9.69. The number of ether oxygens (including phenoxy) is 1. The van der Waals surface area contributed by atoms with E-state index in [1.54, 1.807) is 17.8 Å². The van der Waals surface area contributed by atoms with Crippen molar-refractivity contribution in [1.82, 2.24) is 4.98 Å². The van der Waals surface area contributed by atoms with Crippen LogP contribution < -0.4 is 4.74 Å². The van der Waals surface area contributed by atoms with Gasteiger partial charge in [-0.2, -0.15) is 0 Å². The highest BCUT2D eigenvalue weighted by atomic mass is 32.2. The van der Waals surface area contributed by atoms with Crippen molar-refractivity contribution in [3.63, 3.8) is 0 Å². The van der Waals surface area contributed by atoms with Gasteiger partial charge in [0.1, 0.15) is 18.2 Å². The quantitative estimate of drug-likeness (QED) is 0.338. The normalized spacial score (nSPS) is 14.9. The van der Waals surface area contributed by atoms with Crippen molar-refractivity contribution >= 4 is 40.8 Å². The summed E-state index contributed by atoms with van der Waals surface area (Å²) >= 11 is 1.62. The van der Waals surface area contributed by atoms with Crippen LogP contribution in [0, 0.1) is 5.82 Å². The van der Waals surface area contributed by atoms with E-state index in [4.69, 9.17) is 9.84 Å². The topological polar surface area (TPSA) is 59.4 Å². The van der Waals surface area contributed by atoms with E-state index in [-0.39, 0.29) is 17.5 Å². The van der Waals surface area contributed by atoms with Crippen LogP contribution in [-0.4, -0.2) is 21.8 Å². The highest BCUT2D eigenvalue weighted by Crippen LogP contribution is 2.44. The Morgan fingerprint density at radius 2 is 1.91 bits per heavy atom. The maximum absolute atomic E-state index is 13.6. The smallest absolute Gasteiger partial charge is 0.304 e. The Balaban J connectivity index is 1.47. The molecule has 6 heteroatoms. The predicted octanol–water partition coefficient (Wildman–Crippen LogP) is 6.73. The van der Waals surface area contributed by atoms with Crippen molar-refractivity contribution in [3.05, 3.63) is 107 Å². The second-order valence-corrected chi connectivity index (χ2v) is 9.30. The summed E-state index contributed by atoms with van der Waals surface area (Å²) in [5.74, 6) is 0.204. The molecule has 5 rings (SSSR count). The third-order valence-electron chi connectivity index (χ3n) is 5.76. The number of rotatable bonds is 6. The summed E-state index contributed by atoms with van der Waals surface area (Å²) in [6.07, 6.45) is 3.99. The maximum Gasteiger partial charge on any atom is 0.304 e. The highest BCUT2D eigenvalue weighted by Gasteiger charge is 2.25. The lowest BCUT2D eigenvalue weighted by atomic mass is 9.98. The molecule has 1 aliphatic heterocycles. The van der Waals surface area contributed by atoms with Crippen LogP contribution in [0.25, 0.3) is 23.1 Å². The number of fused-ring (bicyclic) bond motifs is 3. The third-order valence-corrected chi connectivity index (χ3v) is 7.04. The summed E-state index contributed by atoms with van der Waals surface area (Å²) < 4.78 is 19.7. The molecule has 0 bridgehead atoms. The molecule has 4 aromatic rings. The molecule has 1 atom stereocenters. The van der Waals surface area contributed by atoms with Gasteiger partial charge in [0, 0.05) is 22.8 Å². The lowest BCUT2D eigenvalue weighted by molar-refractivity contribution is -0.136. The molecule has 0 spiro atoms. The van der Waals surface area contributed by atoms with Crippen molar-refractivity contribution in [3.8, 4) is 5.75 Å². The summed E-state index contributed by atoms with van der Waals surface area (Å²) in [4.78, 5) is 15.6. The van der Waals surface area contributed by atoms with Crippen molar-refractivity contribution in [2.24, 2.45) is 0 Å². The number of pyridine rings is 1. The van der Waals surface area contributed by atoms with Gasteiger partial charge in [0.15, 0.2) is 0 Å². The van der Waals surface area contributed by atoms with Crippen LogP contribution in [0.2, 0.25) is 0 Å². The Morgan fingerprint density at radius 3 is 2.79 bits per heavy atom. The number of nitrogens with zero attached hydrogens (tertiary/aromatic N) is 1. The Bertz CT molecular complexity index is 1400. The van der Waals surface area contributed by atoms with Gasteiger partial charge in [-0.3, -0.25) is 4.79 Å². The van der Waals surface area contributed by atoms with Crippen molar-refractivity contribution in [2.45, 2.75) is 18.3 Å². The van der Waals surface area contributed by atoms with Crippen molar-refractivity contribution in [2.75, 3.05) is 5.75 Å².